The average molecular weight is 260 g/mol. The molecule has 2 rings (SSSR count). The predicted octanol–water partition coefficient (Wildman–Crippen LogP) is 3.03. The molecule has 3 nitrogen and oxygen atoms in total. The van der Waals surface area contributed by atoms with Gasteiger partial charge in [-0.1, -0.05) is 12.8 Å². The number of hydrogen-bond donors (Lipinski definition) is 3. The second-order valence-electron chi connectivity index (χ2n) is 4.01. The highest BCUT2D eigenvalue weighted by Crippen LogP contribution is 2.34. The van der Waals surface area contributed by atoms with E-state index in [-0.39, 0.29) is 0 Å². The molecule has 0 aliphatic heterocycles. The molecule has 0 saturated carbocycles. The van der Waals surface area contributed by atoms with Gasteiger partial charge in [0.15, 0.2) is 6.23 Å². The molecule has 1 unspecified atom stereocenters. The Kier molecular flexibility index (Phi) is 3.75. The number of hydrogen-bond acceptors (Lipinski definition) is 3. The van der Waals surface area contributed by atoms with Gasteiger partial charge >= 0.3 is 0 Å². The van der Waals surface area contributed by atoms with E-state index < -0.39 is 6.23 Å². The van der Waals surface area contributed by atoms with Gasteiger partial charge in [0.2, 0.25) is 0 Å². The van der Waals surface area contributed by atoms with Crippen molar-refractivity contribution in [3.8, 4) is 12.3 Å². The lowest BCUT2D eigenvalue weighted by Gasteiger charge is -2.11. The fraction of sp³-hybridized carbons (Fsp3) is 0.286. The molecular weight excluding hydrogens is 244 g/mol. The molecule has 18 heavy (non-hydrogen) atoms. The molecule has 2 aromatic rings. The first-order valence-corrected chi connectivity index (χ1v) is 6.65. The molecule has 3 N–H and O–H groups in total. The normalized spacial score (nSPS) is 12.1. The molecule has 0 aromatic carbocycles. The van der Waals surface area contributed by atoms with Gasteiger partial charge in [0.25, 0.3) is 0 Å². The van der Waals surface area contributed by atoms with Gasteiger partial charge < -0.3 is 15.4 Å². The molecular formula is C14H16N2OS. The van der Waals surface area contributed by atoms with Gasteiger partial charge in [0.05, 0.1) is 11.3 Å². The molecule has 1 atom stereocenters. The first-order valence-electron chi connectivity index (χ1n) is 5.84. The molecule has 0 fully saturated rings. The van der Waals surface area contributed by atoms with Crippen molar-refractivity contribution < 1.29 is 5.11 Å². The van der Waals surface area contributed by atoms with Crippen molar-refractivity contribution in [2.45, 2.75) is 26.5 Å². The fourth-order valence-electron chi connectivity index (χ4n) is 1.98. The lowest BCUT2D eigenvalue weighted by atomic mass is 10.1. The number of anilines is 1. The van der Waals surface area contributed by atoms with Crippen LogP contribution in [0.3, 0.4) is 0 Å². The molecule has 2 heterocycles. The number of nitrogens with one attached hydrogen (secondary N) is 2. The van der Waals surface area contributed by atoms with E-state index in [0.717, 1.165) is 22.7 Å². The quantitative estimate of drug-likeness (QED) is 0.584. The highest BCUT2D eigenvalue weighted by Gasteiger charge is 2.16. The number of terminal acetylenes is 1. The topological polar surface area (TPSA) is 48.0 Å². The SMILES string of the molecule is C#Cc1c(NC(O)c2ccc[nH]2)sc(C)c1CC. The number of aromatic nitrogens is 1. The minimum Gasteiger partial charge on any atom is -0.368 e. The van der Waals surface area contributed by atoms with E-state index in [1.807, 2.05) is 12.1 Å². The summed E-state index contributed by atoms with van der Waals surface area (Å²) < 4.78 is 0. The molecule has 4 heteroatoms. The summed E-state index contributed by atoms with van der Waals surface area (Å²) in [7, 11) is 0. The summed E-state index contributed by atoms with van der Waals surface area (Å²) in [6.07, 6.45) is 7.48. The van der Waals surface area contributed by atoms with Crippen LogP contribution in [0.1, 0.15) is 34.8 Å². The molecule has 0 spiro atoms. The van der Waals surface area contributed by atoms with Crippen molar-refractivity contribution in [3.05, 3.63) is 40.0 Å². The second kappa shape index (κ2) is 5.30. The summed E-state index contributed by atoms with van der Waals surface area (Å²) in [6, 6.07) is 3.67. The monoisotopic (exact) mass is 260 g/mol. The minimum absolute atomic E-state index is 0.724. The number of thiophene rings is 1. The van der Waals surface area contributed by atoms with Gasteiger partial charge in [-0.3, -0.25) is 0 Å². The number of rotatable bonds is 4. The Hall–Kier alpha value is -1.70. The smallest absolute Gasteiger partial charge is 0.166 e. The van der Waals surface area contributed by atoms with Gasteiger partial charge in [-0.15, -0.1) is 17.8 Å². The Bertz CT molecular complexity index is 563. The van der Waals surface area contributed by atoms with Crippen LogP contribution in [0.4, 0.5) is 5.00 Å². The Morgan fingerprint density at radius 2 is 2.39 bits per heavy atom. The van der Waals surface area contributed by atoms with Crippen molar-refractivity contribution in [1.29, 1.82) is 0 Å². The summed E-state index contributed by atoms with van der Waals surface area (Å²) >= 11 is 1.59. The molecule has 0 amide bonds. The summed E-state index contributed by atoms with van der Waals surface area (Å²) in [5.41, 5.74) is 2.77. The maximum Gasteiger partial charge on any atom is 0.166 e. The fourth-order valence-corrected chi connectivity index (χ4v) is 3.11. The number of aromatic amines is 1. The zero-order valence-electron chi connectivity index (χ0n) is 10.4. The van der Waals surface area contributed by atoms with E-state index in [2.05, 4.69) is 30.1 Å². The van der Waals surface area contributed by atoms with Gasteiger partial charge in [0.1, 0.15) is 5.00 Å². The van der Waals surface area contributed by atoms with Crippen LogP contribution in [0.15, 0.2) is 18.3 Å². The van der Waals surface area contributed by atoms with E-state index in [0.29, 0.717) is 0 Å². The van der Waals surface area contributed by atoms with Gasteiger partial charge in [0, 0.05) is 11.1 Å². The highest BCUT2D eigenvalue weighted by atomic mass is 32.1. The average Bonchev–Trinajstić information content (AvgIpc) is 2.96. The summed E-state index contributed by atoms with van der Waals surface area (Å²) in [4.78, 5) is 4.17. The summed E-state index contributed by atoms with van der Waals surface area (Å²) in [5, 5.41) is 14.0. The predicted molar refractivity (Wildman–Crippen MR) is 75.7 cm³/mol. The Labute approximate surface area is 111 Å². The lowest BCUT2D eigenvalue weighted by molar-refractivity contribution is 0.204. The third kappa shape index (κ3) is 2.28. The van der Waals surface area contributed by atoms with E-state index >= 15 is 0 Å². The first kappa shape index (κ1) is 12.7. The third-order valence-electron chi connectivity index (χ3n) is 2.89. The summed E-state index contributed by atoms with van der Waals surface area (Å²) in [5.74, 6) is 2.71. The Morgan fingerprint density at radius 1 is 1.61 bits per heavy atom. The number of aliphatic hydroxyl groups excluding tert-OH is 1. The van der Waals surface area contributed by atoms with Crippen LogP contribution in [0.2, 0.25) is 0 Å². The third-order valence-corrected chi connectivity index (χ3v) is 3.97. The van der Waals surface area contributed by atoms with Crippen molar-refractivity contribution in [2.75, 3.05) is 5.32 Å². The van der Waals surface area contributed by atoms with Crippen LogP contribution in [0.25, 0.3) is 0 Å². The van der Waals surface area contributed by atoms with Crippen LogP contribution >= 0.6 is 11.3 Å². The molecule has 0 bridgehead atoms. The van der Waals surface area contributed by atoms with Crippen LogP contribution < -0.4 is 5.32 Å². The van der Waals surface area contributed by atoms with Crippen molar-refractivity contribution >= 4 is 16.3 Å². The molecule has 0 radical (unpaired) electrons. The number of aliphatic hydroxyl groups is 1. The standard InChI is InChI=1S/C14H16N2OS/c1-4-10-9(3)18-14(11(10)5-2)16-13(17)12-7-6-8-15-12/h2,6-8,13,15-17H,4H2,1,3H3. The van der Waals surface area contributed by atoms with Crippen LogP contribution in [-0.4, -0.2) is 10.1 Å². The van der Waals surface area contributed by atoms with E-state index in [4.69, 9.17) is 6.42 Å². The molecule has 2 aromatic heterocycles. The zero-order valence-corrected chi connectivity index (χ0v) is 11.3. The summed E-state index contributed by atoms with van der Waals surface area (Å²) in [6.45, 7) is 4.14. The molecule has 0 aliphatic rings. The van der Waals surface area contributed by atoms with Crippen molar-refractivity contribution in [1.82, 2.24) is 4.98 Å². The maximum atomic E-state index is 10.1. The first-order chi connectivity index (χ1) is 8.67. The van der Waals surface area contributed by atoms with E-state index in [1.165, 1.54) is 10.4 Å². The minimum atomic E-state index is -0.769. The van der Waals surface area contributed by atoms with Crippen molar-refractivity contribution in [2.24, 2.45) is 0 Å². The highest BCUT2D eigenvalue weighted by molar-refractivity contribution is 7.16. The zero-order chi connectivity index (χ0) is 13.1. The lowest BCUT2D eigenvalue weighted by Crippen LogP contribution is -2.09. The molecule has 94 valence electrons. The van der Waals surface area contributed by atoms with Crippen LogP contribution in [0.5, 0.6) is 0 Å². The van der Waals surface area contributed by atoms with Crippen LogP contribution in [0, 0.1) is 19.3 Å². The molecule has 0 aliphatic carbocycles. The molecule has 0 saturated heterocycles. The van der Waals surface area contributed by atoms with E-state index in [1.54, 1.807) is 17.5 Å². The second-order valence-corrected chi connectivity index (χ2v) is 5.24. The van der Waals surface area contributed by atoms with Gasteiger partial charge in [-0.05, 0) is 31.0 Å². The van der Waals surface area contributed by atoms with Gasteiger partial charge in [-0.25, -0.2) is 0 Å². The number of H-pyrrole nitrogens is 1. The van der Waals surface area contributed by atoms with E-state index in [9.17, 15) is 5.11 Å². The Balaban J connectivity index is 2.27. The largest absolute Gasteiger partial charge is 0.368 e. The number of aryl methyl sites for hydroxylation is 1. The van der Waals surface area contributed by atoms with Crippen molar-refractivity contribution in [3.63, 3.8) is 0 Å². The maximum absolute atomic E-state index is 10.1. The Morgan fingerprint density at radius 3 is 2.94 bits per heavy atom. The van der Waals surface area contributed by atoms with Gasteiger partial charge in [-0.2, -0.15) is 0 Å². The van der Waals surface area contributed by atoms with Crippen LogP contribution in [-0.2, 0) is 6.42 Å².